The van der Waals surface area contributed by atoms with Gasteiger partial charge in [0.25, 0.3) is 0 Å². The maximum absolute atomic E-state index is 12.8. The van der Waals surface area contributed by atoms with Gasteiger partial charge in [-0.05, 0) is 12.0 Å². The van der Waals surface area contributed by atoms with Crippen molar-refractivity contribution in [2.45, 2.75) is 31.3 Å². The average molecular weight is 362 g/mol. The van der Waals surface area contributed by atoms with Crippen LogP contribution in [0.5, 0.6) is 0 Å². The molecule has 0 radical (unpaired) electrons. The summed E-state index contributed by atoms with van der Waals surface area (Å²) in [5.41, 5.74) is 0.874. The number of amides is 2. The number of rotatable bonds is 8. The molecule has 1 aliphatic heterocycles. The van der Waals surface area contributed by atoms with Crippen LogP contribution < -0.4 is 5.32 Å². The molecule has 0 unspecified atom stereocenters. The largest absolute Gasteiger partial charge is 0.445 e. The van der Waals surface area contributed by atoms with Crippen LogP contribution in [0.25, 0.3) is 0 Å². The highest BCUT2D eigenvalue weighted by atomic mass is 16.7. The van der Waals surface area contributed by atoms with Crippen LogP contribution >= 0.6 is 0 Å². The summed E-state index contributed by atoms with van der Waals surface area (Å²) in [6, 6.07) is 8.61. The van der Waals surface area contributed by atoms with Gasteiger partial charge in [-0.2, -0.15) is 0 Å². The number of nitrogens with one attached hydrogen (secondary N) is 1. The van der Waals surface area contributed by atoms with E-state index in [0.717, 1.165) is 5.56 Å². The number of alkyl carbamates (subject to hydrolysis) is 1. The highest BCUT2D eigenvalue weighted by Gasteiger charge is 2.42. The van der Waals surface area contributed by atoms with Crippen molar-refractivity contribution in [2.24, 2.45) is 0 Å². The predicted octanol–water partition coefficient (Wildman–Crippen LogP) is 2.08. The van der Waals surface area contributed by atoms with Gasteiger partial charge in [-0.1, -0.05) is 36.4 Å². The number of likely N-dealkylation sites (tertiary alicyclic amines) is 1. The first kappa shape index (κ1) is 19.9. The van der Waals surface area contributed by atoms with Gasteiger partial charge >= 0.3 is 6.09 Å². The van der Waals surface area contributed by atoms with Crippen molar-refractivity contribution in [1.82, 2.24) is 10.2 Å². The Bertz CT molecular complexity index is 616. The van der Waals surface area contributed by atoms with Gasteiger partial charge in [0.1, 0.15) is 12.6 Å². The molecule has 0 aromatic heterocycles. The summed E-state index contributed by atoms with van der Waals surface area (Å²) in [5, 5.41) is 2.62. The number of hydrogen-bond donors (Lipinski definition) is 1. The van der Waals surface area contributed by atoms with E-state index in [9.17, 15) is 9.59 Å². The number of carbonyl (C=O) groups is 2. The molecule has 1 fully saturated rings. The van der Waals surface area contributed by atoms with Crippen LogP contribution in [0.2, 0.25) is 0 Å². The fraction of sp³-hybridized carbons (Fsp3) is 0.474. The lowest BCUT2D eigenvalue weighted by atomic mass is 10.2. The summed E-state index contributed by atoms with van der Waals surface area (Å²) in [5.74, 6) is -1.00. The van der Waals surface area contributed by atoms with Gasteiger partial charge in [-0.25, -0.2) is 4.79 Å². The van der Waals surface area contributed by atoms with Crippen molar-refractivity contribution < 1.29 is 23.8 Å². The van der Waals surface area contributed by atoms with Crippen LogP contribution in [-0.4, -0.2) is 56.0 Å². The molecule has 1 aliphatic rings. The number of carbonyl (C=O) groups excluding carboxylic acids is 2. The van der Waals surface area contributed by atoms with E-state index in [4.69, 9.17) is 14.2 Å². The molecule has 1 saturated heterocycles. The molecule has 142 valence electrons. The zero-order valence-corrected chi connectivity index (χ0v) is 15.3. The summed E-state index contributed by atoms with van der Waals surface area (Å²) in [7, 11) is 3.11. The summed E-state index contributed by atoms with van der Waals surface area (Å²) >= 11 is 0. The van der Waals surface area contributed by atoms with Crippen LogP contribution in [0.15, 0.2) is 43.0 Å². The molecule has 0 aliphatic carbocycles. The van der Waals surface area contributed by atoms with Gasteiger partial charge in [0.2, 0.25) is 5.91 Å². The molecule has 7 heteroatoms. The minimum absolute atomic E-state index is 0.141. The van der Waals surface area contributed by atoms with E-state index >= 15 is 0 Å². The van der Waals surface area contributed by atoms with Crippen LogP contribution in [0.4, 0.5) is 4.79 Å². The van der Waals surface area contributed by atoms with Crippen molar-refractivity contribution in [3.8, 4) is 0 Å². The topological polar surface area (TPSA) is 77.1 Å². The Morgan fingerprint density at radius 3 is 2.58 bits per heavy atom. The predicted molar refractivity (Wildman–Crippen MR) is 96.3 cm³/mol. The zero-order valence-electron chi connectivity index (χ0n) is 15.3. The van der Waals surface area contributed by atoms with Crippen molar-refractivity contribution in [3.63, 3.8) is 0 Å². The van der Waals surface area contributed by atoms with Crippen molar-refractivity contribution >= 4 is 12.0 Å². The second-order valence-corrected chi connectivity index (χ2v) is 6.11. The summed E-state index contributed by atoms with van der Waals surface area (Å²) in [6.45, 7) is 4.61. The minimum atomic E-state index is -0.789. The van der Waals surface area contributed by atoms with Crippen LogP contribution in [-0.2, 0) is 25.6 Å². The lowest BCUT2D eigenvalue weighted by Gasteiger charge is -2.27. The highest BCUT2D eigenvalue weighted by Crippen LogP contribution is 2.26. The van der Waals surface area contributed by atoms with E-state index < -0.39 is 17.9 Å². The molecule has 26 heavy (non-hydrogen) atoms. The fourth-order valence-corrected chi connectivity index (χ4v) is 2.87. The smallest absolute Gasteiger partial charge is 0.408 e. The first-order valence-corrected chi connectivity index (χ1v) is 8.51. The van der Waals surface area contributed by atoms with Gasteiger partial charge < -0.3 is 24.4 Å². The van der Waals surface area contributed by atoms with E-state index in [2.05, 4.69) is 11.9 Å². The van der Waals surface area contributed by atoms with E-state index in [1.165, 1.54) is 0 Å². The molecule has 1 aromatic rings. The van der Waals surface area contributed by atoms with Crippen molar-refractivity contribution in [3.05, 3.63) is 48.6 Å². The van der Waals surface area contributed by atoms with E-state index in [0.29, 0.717) is 25.9 Å². The maximum atomic E-state index is 12.8. The monoisotopic (exact) mass is 362 g/mol. The third-order valence-electron chi connectivity index (χ3n) is 4.46. The SMILES string of the molecule is C=CC[C@H](NC(=O)OCc1ccccc1)C(=O)N1CCC(OC)(OC)C1. The summed E-state index contributed by atoms with van der Waals surface area (Å²) < 4.78 is 16.0. The Kier molecular flexibility index (Phi) is 7.17. The number of benzene rings is 1. The van der Waals surface area contributed by atoms with Gasteiger partial charge in [0.05, 0.1) is 6.54 Å². The second-order valence-electron chi connectivity index (χ2n) is 6.11. The van der Waals surface area contributed by atoms with Crippen LogP contribution in [0.3, 0.4) is 0 Å². The van der Waals surface area contributed by atoms with Gasteiger partial charge in [0, 0.05) is 27.2 Å². The van der Waals surface area contributed by atoms with E-state index in [1.54, 1.807) is 25.2 Å². The molecule has 2 rings (SSSR count). The maximum Gasteiger partial charge on any atom is 0.408 e. The van der Waals surface area contributed by atoms with Gasteiger partial charge in [-0.15, -0.1) is 6.58 Å². The first-order valence-electron chi connectivity index (χ1n) is 8.51. The Labute approximate surface area is 153 Å². The minimum Gasteiger partial charge on any atom is -0.445 e. The molecular formula is C19H26N2O5. The number of ether oxygens (including phenoxy) is 3. The molecule has 0 bridgehead atoms. The third kappa shape index (κ3) is 5.06. The van der Waals surface area contributed by atoms with E-state index in [1.807, 2.05) is 30.3 Å². The quantitative estimate of drug-likeness (QED) is 0.566. The lowest BCUT2D eigenvalue weighted by Crippen LogP contribution is -2.49. The van der Waals surface area contributed by atoms with Crippen molar-refractivity contribution in [2.75, 3.05) is 27.3 Å². The standard InChI is InChI=1S/C19H26N2O5/c1-4-8-16(17(22)21-12-11-19(14-21,24-2)25-3)20-18(23)26-13-15-9-6-5-7-10-15/h4-7,9-10,16H,1,8,11-14H2,2-3H3,(H,20,23)/t16-/m0/s1. The Morgan fingerprint density at radius 2 is 2.00 bits per heavy atom. The normalized spacial score (nSPS) is 16.8. The Morgan fingerprint density at radius 1 is 1.31 bits per heavy atom. The third-order valence-corrected chi connectivity index (χ3v) is 4.46. The second kappa shape index (κ2) is 9.35. The highest BCUT2D eigenvalue weighted by molar-refractivity contribution is 5.86. The lowest BCUT2D eigenvalue weighted by molar-refractivity contribution is -0.196. The molecule has 1 heterocycles. The van der Waals surface area contributed by atoms with Crippen LogP contribution in [0.1, 0.15) is 18.4 Å². The summed E-state index contributed by atoms with van der Waals surface area (Å²) in [4.78, 5) is 26.5. The van der Waals surface area contributed by atoms with Crippen LogP contribution in [0, 0.1) is 0 Å². The van der Waals surface area contributed by atoms with Gasteiger partial charge in [0.15, 0.2) is 5.79 Å². The molecule has 0 spiro atoms. The number of nitrogens with zero attached hydrogens (tertiary/aromatic N) is 1. The fourth-order valence-electron chi connectivity index (χ4n) is 2.87. The number of hydrogen-bond acceptors (Lipinski definition) is 5. The van der Waals surface area contributed by atoms with Gasteiger partial charge in [-0.3, -0.25) is 4.79 Å². The molecule has 0 saturated carbocycles. The van der Waals surface area contributed by atoms with Crippen molar-refractivity contribution in [1.29, 1.82) is 0 Å². The molecule has 1 N–H and O–H groups in total. The molecule has 7 nitrogen and oxygen atoms in total. The molecular weight excluding hydrogens is 336 g/mol. The average Bonchev–Trinajstić information content (AvgIpc) is 3.11. The molecule has 1 aromatic carbocycles. The number of methoxy groups -OCH3 is 2. The molecule has 2 amide bonds. The zero-order chi connectivity index (χ0) is 19.0. The first-order chi connectivity index (χ1) is 12.5. The molecule has 1 atom stereocenters. The Hall–Kier alpha value is -2.38. The summed E-state index contributed by atoms with van der Waals surface area (Å²) in [6.07, 6.45) is 1.84. The van der Waals surface area contributed by atoms with E-state index in [-0.39, 0.29) is 12.5 Å². The Balaban J connectivity index is 1.92.